The van der Waals surface area contributed by atoms with Crippen LogP contribution in [0.4, 0.5) is 0 Å². The third-order valence-corrected chi connectivity index (χ3v) is 4.40. The minimum absolute atomic E-state index is 0.361. The molecular formula is C22H22O. The fourth-order valence-electron chi connectivity index (χ4n) is 3.27. The van der Waals surface area contributed by atoms with Crippen molar-refractivity contribution in [1.29, 1.82) is 0 Å². The zero-order valence-corrected chi connectivity index (χ0v) is 13.8. The van der Waals surface area contributed by atoms with Gasteiger partial charge in [-0.3, -0.25) is 0 Å². The van der Waals surface area contributed by atoms with Gasteiger partial charge in [-0.2, -0.15) is 0 Å². The number of rotatable bonds is 3. The Morgan fingerprint density at radius 2 is 2.13 bits per heavy atom. The molecule has 1 heteroatoms. The molecule has 1 aromatic carbocycles. The minimum Gasteiger partial charge on any atom is -0.456 e. The van der Waals surface area contributed by atoms with Gasteiger partial charge >= 0.3 is 0 Å². The van der Waals surface area contributed by atoms with E-state index >= 15 is 0 Å². The monoisotopic (exact) mass is 302 g/mol. The normalized spacial score (nSPS) is 20.3. The minimum atomic E-state index is 0.361. The highest BCUT2D eigenvalue weighted by Gasteiger charge is 2.26. The summed E-state index contributed by atoms with van der Waals surface area (Å²) in [6.45, 7) is 12.2. The van der Waals surface area contributed by atoms with Crippen molar-refractivity contribution in [2.45, 2.75) is 20.3 Å². The standard InChI is InChI=1S/C22H22O/c1-5-9-18-20(6-2)23-21-14-15(3)12-13-19(21)22(18)17-11-8-7-10-16(17)4/h5-10,12-14,17H,2-3,11H2,1,4H3/b9-5-. The fraction of sp³-hybridized carbons (Fsp3) is 0.182. The molecule has 116 valence electrons. The molecule has 0 spiro atoms. The van der Waals surface area contributed by atoms with E-state index in [2.05, 4.69) is 56.5 Å². The molecule has 1 aromatic rings. The SMILES string of the molecule is C=CC1=C(/C=C\C)C(C2CC=CC=C2C)=c2ccc(=C)cc2O1. The van der Waals surface area contributed by atoms with Gasteiger partial charge in [0.1, 0.15) is 11.5 Å². The lowest BCUT2D eigenvalue weighted by molar-refractivity contribution is 0.431. The topological polar surface area (TPSA) is 9.23 Å². The second-order valence-electron chi connectivity index (χ2n) is 5.96. The second kappa shape index (κ2) is 6.29. The van der Waals surface area contributed by atoms with Crippen LogP contribution in [0.3, 0.4) is 0 Å². The lowest BCUT2D eigenvalue weighted by Gasteiger charge is -2.28. The molecule has 1 nitrogen and oxygen atoms in total. The predicted octanol–water partition coefficient (Wildman–Crippen LogP) is 4.18. The summed E-state index contributed by atoms with van der Waals surface area (Å²) < 4.78 is 6.10. The van der Waals surface area contributed by atoms with Crippen LogP contribution in [-0.2, 0) is 0 Å². The molecule has 0 amide bonds. The summed E-state index contributed by atoms with van der Waals surface area (Å²) in [5.41, 5.74) is 3.82. The molecule has 0 aromatic heterocycles. The second-order valence-corrected chi connectivity index (χ2v) is 5.96. The Bertz CT molecular complexity index is 875. The molecule has 0 N–H and O–H groups in total. The van der Waals surface area contributed by atoms with E-state index in [9.17, 15) is 0 Å². The average Bonchev–Trinajstić information content (AvgIpc) is 2.55. The lowest BCUT2D eigenvalue weighted by atomic mass is 9.79. The molecule has 0 radical (unpaired) electrons. The third kappa shape index (κ3) is 2.75. The van der Waals surface area contributed by atoms with E-state index < -0.39 is 0 Å². The number of hydrogen-bond acceptors (Lipinski definition) is 1. The van der Waals surface area contributed by atoms with Crippen molar-refractivity contribution >= 4 is 12.2 Å². The Hall–Kier alpha value is -2.54. The molecule has 1 unspecified atom stereocenters. The van der Waals surface area contributed by atoms with Crippen molar-refractivity contribution in [3.63, 3.8) is 0 Å². The molecule has 1 atom stereocenters. The van der Waals surface area contributed by atoms with Gasteiger partial charge in [-0.05, 0) is 43.2 Å². The summed E-state index contributed by atoms with van der Waals surface area (Å²) in [5.74, 6) is 2.05. The van der Waals surface area contributed by atoms with Crippen molar-refractivity contribution in [3.05, 3.63) is 88.6 Å². The summed E-state index contributed by atoms with van der Waals surface area (Å²) in [6, 6.07) is 6.18. The first kappa shape index (κ1) is 15.4. The maximum atomic E-state index is 6.10. The average molecular weight is 302 g/mol. The number of allylic oxidation sites excluding steroid dienone is 8. The van der Waals surface area contributed by atoms with E-state index in [1.807, 2.05) is 19.1 Å². The van der Waals surface area contributed by atoms with Crippen LogP contribution in [0.1, 0.15) is 20.3 Å². The fourth-order valence-corrected chi connectivity index (χ4v) is 3.27. The van der Waals surface area contributed by atoms with Gasteiger partial charge < -0.3 is 4.74 Å². The Morgan fingerprint density at radius 1 is 1.30 bits per heavy atom. The van der Waals surface area contributed by atoms with Gasteiger partial charge in [0.15, 0.2) is 0 Å². The van der Waals surface area contributed by atoms with E-state index in [1.165, 1.54) is 11.1 Å². The van der Waals surface area contributed by atoms with Gasteiger partial charge in [0.25, 0.3) is 0 Å². The van der Waals surface area contributed by atoms with Crippen LogP contribution in [-0.4, -0.2) is 0 Å². The van der Waals surface area contributed by atoms with Crippen LogP contribution < -0.4 is 15.2 Å². The zero-order valence-electron chi connectivity index (χ0n) is 13.8. The van der Waals surface area contributed by atoms with E-state index in [0.717, 1.165) is 33.9 Å². The highest BCUT2D eigenvalue weighted by atomic mass is 16.5. The highest BCUT2D eigenvalue weighted by Crippen LogP contribution is 2.37. The first-order valence-corrected chi connectivity index (χ1v) is 8.00. The Morgan fingerprint density at radius 3 is 2.83 bits per heavy atom. The summed E-state index contributed by atoms with van der Waals surface area (Å²) in [5, 5.41) is 2.11. The van der Waals surface area contributed by atoms with Crippen LogP contribution >= 0.6 is 0 Å². The number of benzene rings is 1. The van der Waals surface area contributed by atoms with Crippen molar-refractivity contribution in [1.82, 2.24) is 0 Å². The van der Waals surface area contributed by atoms with Gasteiger partial charge in [-0.15, -0.1) is 0 Å². The van der Waals surface area contributed by atoms with Crippen molar-refractivity contribution < 1.29 is 4.74 Å². The molecular weight excluding hydrogens is 280 g/mol. The molecule has 3 rings (SSSR count). The smallest absolute Gasteiger partial charge is 0.135 e. The zero-order chi connectivity index (χ0) is 16.4. The van der Waals surface area contributed by atoms with Crippen molar-refractivity contribution in [2.75, 3.05) is 0 Å². The number of fused-ring (bicyclic) bond motifs is 1. The van der Waals surface area contributed by atoms with Gasteiger partial charge in [0.2, 0.25) is 0 Å². The van der Waals surface area contributed by atoms with E-state index in [-0.39, 0.29) is 0 Å². The molecule has 2 aliphatic rings. The number of ether oxygens (including phenoxy) is 1. The summed E-state index contributed by atoms with van der Waals surface area (Å²) in [7, 11) is 0. The first-order chi connectivity index (χ1) is 11.2. The van der Waals surface area contributed by atoms with Crippen molar-refractivity contribution in [3.8, 4) is 5.75 Å². The van der Waals surface area contributed by atoms with Gasteiger partial charge in [0.05, 0.1) is 0 Å². The molecule has 0 saturated carbocycles. The van der Waals surface area contributed by atoms with Crippen LogP contribution in [0.5, 0.6) is 5.75 Å². The van der Waals surface area contributed by atoms with Crippen LogP contribution in [0.2, 0.25) is 0 Å². The molecule has 1 heterocycles. The number of hydrogen-bond donors (Lipinski definition) is 0. The summed E-state index contributed by atoms with van der Waals surface area (Å²) in [4.78, 5) is 0. The molecule has 1 aliphatic carbocycles. The Kier molecular flexibility index (Phi) is 4.20. The van der Waals surface area contributed by atoms with Crippen molar-refractivity contribution in [2.24, 2.45) is 5.92 Å². The first-order valence-electron chi connectivity index (χ1n) is 8.00. The largest absolute Gasteiger partial charge is 0.456 e. The summed E-state index contributed by atoms with van der Waals surface area (Å²) >= 11 is 0. The van der Waals surface area contributed by atoms with Gasteiger partial charge in [-0.1, -0.05) is 61.2 Å². The molecule has 1 aliphatic heterocycles. The van der Waals surface area contributed by atoms with Crippen LogP contribution in [0, 0.1) is 5.92 Å². The maximum Gasteiger partial charge on any atom is 0.135 e. The Balaban J connectivity index is 2.35. The third-order valence-electron chi connectivity index (χ3n) is 4.40. The maximum absolute atomic E-state index is 6.10. The highest BCUT2D eigenvalue weighted by molar-refractivity contribution is 5.77. The van der Waals surface area contributed by atoms with E-state index in [1.54, 1.807) is 6.08 Å². The predicted molar refractivity (Wildman–Crippen MR) is 98.3 cm³/mol. The molecule has 0 bridgehead atoms. The van der Waals surface area contributed by atoms with Gasteiger partial charge in [0, 0.05) is 16.7 Å². The van der Waals surface area contributed by atoms with E-state index in [4.69, 9.17) is 4.74 Å². The molecule has 0 saturated heterocycles. The van der Waals surface area contributed by atoms with Gasteiger partial charge in [-0.25, -0.2) is 0 Å². The Labute approximate surface area is 138 Å². The summed E-state index contributed by atoms with van der Waals surface area (Å²) in [6.07, 6.45) is 13.6. The lowest BCUT2D eigenvalue weighted by Crippen LogP contribution is -2.25. The quantitative estimate of drug-likeness (QED) is 0.814. The van der Waals surface area contributed by atoms with Crippen LogP contribution in [0.15, 0.2) is 78.1 Å². The van der Waals surface area contributed by atoms with E-state index in [0.29, 0.717) is 5.92 Å². The molecule has 0 fully saturated rings. The molecule has 23 heavy (non-hydrogen) atoms. The van der Waals surface area contributed by atoms with Crippen LogP contribution in [0.25, 0.3) is 12.2 Å².